The Labute approximate surface area is 166 Å². The summed E-state index contributed by atoms with van der Waals surface area (Å²) in [6.45, 7) is 0. The first-order chi connectivity index (χ1) is 14.1. The lowest BCUT2D eigenvalue weighted by Gasteiger charge is -2.17. The van der Waals surface area contributed by atoms with Crippen molar-refractivity contribution in [1.82, 2.24) is 19.1 Å². The van der Waals surface area contributed by atoms with E-state index in [1.54, 1.807) is 26.6 Å². The molecule has 3 aromatic rings. The summed E-state index contributed by atoms with van der Waals surface area (Å²) in [5.41, 5.74) is 3.54. The number of methoxy groups -OCH3 is 1. The molecule has 1 aliphatic carbocycles. The van der Waals surface area contributed by atoms with Crippen molar-refractivity contribution in [3.05, 3.63) is 56.7 Å². The Morgan fingerprint density at radius 2 is 1.90 bits per heavy atom. The highest BCUT2D eigenvalue weighted by molar-refractivity contribution is 5.80. The Morgan fingerprint density at radius 3 is 2.59 bits per heavy atom. The molecule has 0 radical (unpaired) electrons. The molecule has 0 aliphatic heterocycles. The van der Waals surface area contributed by atoms with Crippen LogP contribution in [-0.2, 0) is 7.05 Å². The third-order valence-electron chi connectivity index (χ3n) is 5.23. The van der Waals surface area contributed by atoms with Crippen LogP contribution >= 0.6 is 0 Å². The second kappa shape index (κ2) is 7.86. The fourth-order valence-electron chi connectivity index (χ4n) is 3.64. The quantitative estimate of drug-likeness (QED) is 0.404. The highest BCUT2D eigenvalue weighted by atomic mass is 16.5. The van der Waals surface area contributed by atoms with Gasteiger partial charge in [0, 0.05) is 13.1 Å². The zero-order valence-corrected chi connectivity index (χ0v) is 16.3. The molecule has 0 unspecified atom stereocenters. The summed E-state index contributed by atoms with van der Waals surface area (Å²) >= 11 is 0. The molecule has 0 spiro atoms. The number of benzene rings is 1. The summed E-state index contributed by atoms with van der Waals surface area (Å²) in [6.07, 6.45) is 6.99. The van der Waals surface area contributed by atoms with Gasteiger partial charge in [0.15, 0.2) is 5.65 Å². The highest BCUT2D eigenvalue weighted by Crippen LogP contribution is 2.29. The molecule has 1 saturated carbocycles. The van der Waals surface area contributed by atoms with E-state index in [9.17, 15) is 9.59 Å². The number of anilines is 1. The van der Waals surface area contributed by atoms with E-state index in [1.165, 1.54) is 9.13 Å². The Morgan fingerprint density at radius 1 is 1.17 bits per heavy atom. The molecule has 1 aliphatic rings. The van der Waals surface area contributed by atoms with Crippen LogP contribution in [0.1, 0.15) is 37.3 Å². The van der Waals surface area contributed by atoms with Crippen molar-refractivity contribution in [3.63, 3.8) is 0 Å². The van der Waals surface area contributed by atoms with Crippen LogP contribution in [0.25, 0.3) is 11.2 Å². The molecule has 0 bridgehead atoms. The van der Waals surface area contributed by atoms with Gasteiger partial charge >= 0.3 is 11.1 Å². The van der Waals surface area contributed by atoms with Crippen LogP contribution in [0, 0.1) is 0 Å². The molecule has 4 rings (SSSR count). The van der Waals surface area contributed by atoms with Gasteiger partial charge in [-0.25, -0.2) is 10.4 Å². The largest absolute Gasteiger partial charge is 0.497 e. The monoisotopic (exact) mass is 394 g/mol. The predicted octanol–water partition coefficient (Wildman–Crippen LogP) is 2.06. The van der Waals surface area contributed by atoms with Crippen molar-refractivity contribution in [2.24, 2.45) is 12.1 Å². The van der Waals surface area contributed by atoms with Gasteiger partial charge in [0.2, 0.25) is 5.95 Å². The van der Waals surface area contributed by atoms with E-state index in [1.807, 2.05) is 24.3 Å². The fourth-order valence-corrected chi connectivity index (χ4v) is 3.64. The van der Waals surface area contributed by atoms with Crippen molar-refractivity contribution in [2.75, 3.05) is 12.5 Å². The van der Waals surface area contributed by atoms with Crippen molar-refractivity contribution in [2.45, 2.75) is 31.7 Å². The molecule has 9 heteroatoms. The molecule has 9 nitrogen and oxygen atoms in total. The summed E-state index contributed by atoms with van der Waals surface area (Å²) in [4.78, 5) is 33.7. The number of aromatic nitrogens is 4. The van der Waals surface area contributed by atoms with Gasteiger partial charge < -0.3 is 9.30 Å². The van der Waals surface area contributed by atoms with E-state index >= 15 is 0 Å². The minimum Gasteiger partial charge on any atom is -0.497 e. The van der Waals surface area contributed by atoms with Gasteiger partial charge in [-0.05, 0) is 42.7 Å². The van der Waals surface area contributed by atoms with E-state index in [4.69, 9.17) is 4.74 Å². The molecule has 1 N–H and O–H groups in total. The third kappa shape index (κ3) is 3.63. The van der Waals surface area contributed by atoms with Gasteiger partial charge in [0.25, 0.3) is 0 Å². The molecule has 1 aromatic carbocycles. The topological polar surface area (TPSA) is 103 Å². The SMILES string of the molecule is COc1ccc(C=NNc2ncc3c(n2)n(C2CCCC2)c(=O)c(=O)n3C)cc1. The average molecular weight is 394 g/mol. The number of nitrogens with one attached hydrogen (secondary N) is 1. The standard InChI is InChI=1S/C20H22N6O3/c1-25-16-12-21-20(24-22-11-13-7-9-15(29-2)10-8-13)23-17(16)26(19(28)18(25)27)14-5-3-4-6-14/h7-12,14H,3-6H2,1-2H3,(H,21,23,24). The van der Waals surface area contributed by atoms with E-state index in [0.717, 1.165) is 37.0 Å². The summed E-state index contributed by atoms with van der Waals surface area (Å²) in [6, 6.07) is 7.42. The lowest BCUT2D eigenvalue weighted by atomic mass is 10.2. The highest BCUT2D eigenvalue weighted by Gasteiger charge is 2.23. The number of hydrazone groups is 1. The zero-order chi connectivity index (χ0) is 20.4. The van der Waals surface area contributed by atoms with Crippen LogP contribution in [0.4, 0.5) is 5.95 Å². The van der Waals surface area contributed by atoms with Gasteiger partial charge in [-0.1, -0.05) is 12.8 Å². The number of ether oxygens (including phenoxy) is 1. The maximum atomic E-state index is 12.7. The van der Waals surface area contributed by atoms with Gasteiger partial charge in [-0.3, -0.25) is 14.2 Å². The molecule has 1 fully saturated rings. The van der Waals surface area contributed by atoms with Crippen molar-refractivity contribution >= 4 is 23.3 Å². The van der Waals surface area contributed by atoms with Crippen molar-refractivity contribution < 1.29 is 4.74 Å². The van der Waals surface area contributed by atoms with Crippen LogP contribution in [0.15, 0.2) is 45.2 Å². The van der Waals surface area contributed by atoms with Crippen LogP contribution in [0.5, 0.6) is 5.75 Å². The Balaban J connectivity index is 1.68. The predicted molar refractivity (Wildman–Crippen MR) is 111 cm³/mol. The molecule has 2 aromatic heterocycles. The number of nitrogens with zero attached hydrogens (tertiary/aromatic N) is 5. The molecular weight excluding hydrogens is 372 g/mol. The lowest BCUT2D eigenvalue weighted by Crippen LogP contribution is -2.42. The molecule has 0 atom stereocenters. The van der Waals surface area contributed by atoms with Crippen LogP contribution < -0.4 is 21.3 Å². The molecular formula is C20H22N6O3. The van der Waals surface area contributed by atoms with Crippen LogP contribution in [-0.4, -0.2) is 32.4 Å². The van der Waals surface area contributed by atoms with Crippen LogP contribution in [0.2, 0.25) is 0 Å². The van der Waals surface area contributed by atoms with E-state index in [-0.39, 0.29) is 12.0 Å². The van der Waals surface area contributed by atoms with Gasteiger partial charge in [0.05, 0.1) is 19.5 Å². The molecule has 29 heavy (non-hydrogen) atoms. The van der Waals surface area contributed by atoms with E-state index in [0.29, 0.717) is 11.2 Å². The fraction of sp³-hybridized carbons (Fsp3) is 0.350. The Hall–Kier alpha value is -3.49. The van der Waals surface area contributed by atoms with Gasteiger partial charge in [0.1, 0.15) is 11.3 Å². The van der Waals surface area contributed by atoms with Crippen molar-refractivity contribution in [1.29, 1.82) is 0 Å². The third-order valence-corrected chi connectivity index (χ3v) is 5.23. The number of hydrogen-bond acceptors (Lipinski definition) is 7. The normalized spacial score (nSPS) is 14.7. The molecule has 0 saturated heterocycles. The van der Waals surface area contributed by atoms with E-state index in [2.05, 4.69) is 20.5 Å². The second-order valence-electron chi connectivity index (χ2n) is 7.02. The number of hydrogen-bond donors (Lipinski definition) is 1. The van der Waals surface area contributed by atoms with Gasteiger partial charge in [-0.15, -0.1) is 0 Å². The minimum atomic E-state index is -0.564. The van der Waals surface area contributed by atoms with Crippen molar-refractivity contribution in [3.8, 4) is 5.75 Å². The number of fused-ring (bicyclic) bond motifs is 1. The first kappa shape index (κ1) is 18.9. The summed E-state index contributed by atoms with van der Waals surface area (Å²) in [5, 5.41) is 4.17. The maximum absolute atomic E-state index is 12.7. The van der Waals surface area contributed by atoms with Crippen LogP contribution in [0.3, 0.4) is 0 Å². The first-order valence-electron chi connectivity index (χ1n) is 9.50. The maximum Gasteiger partial charge on any atom is 0.318 e. The Bertz CT molecular complexity index is 1170. The smallest absolute Gasteiger partial charge is 0.318 e. The summed E-state index contributed by atoms with van der Waals surface area (Å²) in [5.74, 6) is 1.02. The minimum absolute atomic E-state index is 0.00977. The Kier molecular flexibility index (Phi) is 5.11. The zero-order valence-electron chi connectivity index (χ0n) is 16.3. The van der Waals surface area contributed by atoms with E-state index < -0.39 is 11.1 Å². The second-order valence-corrected chi connectivity index (χ2v) is 7.02. The molecule has 2 heterocycles. The molecule has 150 valence electrons. The average Bonchev–Trinajstić information content (AvgIpc) is 3.27. The molecule has 0 amide bonds. The first-order valence-corrected chi connectivity index (χ1v) is 9.50. The number of aryl methyl sites for hydroxylation is 1. The summed E-state index contributed by atoms with van der Waals surface area (Å²) < 4.78 is 7.96. The summed E-state index contributed by atoms with van der Waals surface area (Å²) in [7, 11) is 3.17. The van der Waals surface area contributed by atoms with Gasteiger partial charge in [-0.2, -0.15) is 10.1 Å². The lowest BCUT2D eigenvalue weighted by molar-refractivity contribution is 0.415. The number of rotatable bonds is 5.